The van der Waals surface area contributed by atoms with Crippen LogP contribution in [-0.2, 0) is 4.74 Å². The molecular weight excluding hydrogens is 244 g/mol. The van der Waals surface area contributed by atoms with E-state index in [1.165, 1.54) is 0 Å². The predicted molar refractivity (Wildman–Crippen MR) is 73.6 cm³/mol. The van der Waals surface area contributed by atoms with Crippen molar-refractivity contribution in [3.63, 3.8) is 0 Å². The van der Waals surface area contributed by atoms with Crippen LogP contribution in [0.3, 0.4) is 0 Å². The Labute approximate surface area is 113 Å². The van der Waals surface area contributed by atoms with Crippen molar-refractivity contribution >= 4 is 11.7 Å². The van der Waals surface area contributed by atoms with Gasteiger partial charge in [-0.1, -0.05) is 12.1 Å². The topological polar surface area (TPSA) is 59.6 Å². The summed E-state index contributed by atoms with van der Waals surface area (Å²) in [5, 5.41) is 5.69. The average molecular weight is 264 g/mol. The molecule has 5 heteroatoms. The van der Waals surface area contributed by atoms with Gasteiger partial charge in [-0.3, -0.25) is 0 Å². The summed E-state index contributed by atoms with van der Waals surface area (Å²) >= 11 is 0. The summed E-state index contributed by atoms with van der Waals surface area (Å²) in [6, 6.07) is 7.15. The highest BCUT2D eigenvalue weighted by molar-refractivity contribution is 5.90. The van der Waals surface area contributed by atoms with Crippen LogP contribution in [0.5, 0.6) is 5.75 Å². The van der Waals surface area contributed by atoms with E-state index in [2.05, 4.69) is 10.6 Å². The molecule has 0 atom stereocenters. The van der Waals surface area contributed by atoms with Gasteiger partial charge in [0.2, 0.25) is 0 Å². The monoisotopic (exact) mass is 264 g/mol. The predicted octanol–water partition coefficient (Wildman–Crippen LogP) is 2.24. The van der Waals surface area contributed by atoms with Crippen LogP contribution in [0.15, 0.2) is 24.3 Å². The first kappa shape index (κ1) is 13.7. The van der Waals surface area contributed by atoms with Crippen LogP contribution in [-0.4, -0.2) is 32.9 Å². The maximum Gasteiger partial charge on any atom is 0.319 e. The molecule has 2 amide bonds. The minimum absolute atomic E-state index is 0.198. The molecule has 0 bridgehead atoms. The van der Waals surface area contributed by atoms with E-state index < -0.39 is 0 Å². The Morgan fingerprint density at radius 1 is 1.37 bits per heavy atom. The quantitative estimate of drug-likeness (QED) is 0.876. The lowest BCUT2D eigenvalue weighted by molar-refractivity contribution is 0.0671. The standard InChI is InChI=1S/C14H20N2O3/c1-18-13-5-3-2-4-12(13)16-14(17)15-10-11-6-8-19-9-7-11/h2-5,11H,6-10H2,1H3,(H2,15,16,17). The smallest absolute Gasteiger partial charge is 0.319 e. The molecule has 1 heterocycles. The van der Waals surface area contributed by atoms with E-state index in [-0.39, 0.29) is 6.03 Å². The van der Waals surface area contributed by atoms with Gasteiger partial charge in [0.1, 0.15) is 5.75 Å². The second-order valence-corrected chi connectivity index (χ2v) is 4.59. The van der Waals surface area contributed by atoms with Crippen LogP contribution in [0.25, 0.3) is 0 Å². The van der Waals surface area contributed by atoms with Crippen LogP contribution in [0, 0.1) is 5.92 Å². The van der Waals surface area contributed by atoms with Crippen molar-refractivity contribution in [1.29, 1.82) is 0 Å². The molecule has 2 rings (SSSR count). The van der Waals surface area contributed by atoms with Gasteiger partial charge in [0.15, 0.2) is 0 Å². The number of carbonyl (C=O) groups excluding carboxylic acids is 1. The zero-order valence-corrected chi connectivity index (χ0v) is 11.1. The first-order valence-corrected chi connectivity index (χ1v) is 6.55. The van der Waals surface area contributed by atoms with E-state index in [1.807, 2.05) is 24.3 Å². The molecule has 1 aromatic rings. The summed E-state index contributed by atoms with van der Waals surface area (Å²) < 4.78 is 10.5. The molecule has 0 aliphatic carbocycles. The largest absolute Gasteiger partial charge is 0.495 e. The van der Waals surface area contributed by atoms with Gasteiger partial charge in [-0.2, -0.15) is 0 Å². The third kappa shape index (κ3) is 4.13. The minimum atomic E-state index is -0.198. The minimum Gasteiger partial charge on any atom is -0.495 e. The summed E-state index contributed by atoms with van der Waals surface area (Å²) in [7, 11) is 1.58. The third-order valence-electron chi connectivity index (χ3n) is 3.25. The van der Waals surface area contributed by atoms with Gasteiger partial charge >= 0.3 is 6.03 Å². The number of methoxy groups -OCH3 is 1. The molecule has 2 N–H and O–H groups in total. The van der Waals surface area contributed by atoms with E-state index in [0.29, 0.717) is 23.9 Å². The fourth-order valence-electron chi connectivity index (χ4n) is 2.10. The molecule has 0 unspecified atom stereocenters. The molecule has 19 heavy (non-hydrogen) atoms. The highest BCUT2D eigenvalue weighted by Gasteiger charge is 2.15. The number of carbonyl (C=O) groups is 1. The van der Waals surface area contributed by atoms with Crippen molar-refractivity contribution in [2.24, 2.45) is 5.92 Å². The van der Waals surface area contributed by atoms with Gasteiger partial charge in [0, 0.05) is 19.8 Å². The number of hydrogen-bond donors (Lipinski definition) is 2. The molecule has 1 saturated heterocycles. The summed E-state index contributed by atoms with van der Waals surface area (Å²) in [5.41, 5.74) is 0.675. The zero-order chi connectivity index (χ0) is 13.5. The van der Waals surface area contributed by atoms with Crippen molar-refractivity contribution in [3.8, 4) is 5.75 Å². The van der Waals surface area contributed by atoms with Crippen LogP contribution in [0.1, 0.15) is 12.8 Å². The first-order valence-electron chi connectivity index (χ1n) is 6.55. The van der Waals surface area contributed by atoms with Crippen molar-refractivity contribution in [1.82, 2.24) is 5.32 Å². The van der Waals surface area contributed by atoms with E-state index >= 15 is 0 Å². The Balaban J connectivity index is 1.80. The Bertz CT molecular complexity index is 417. The molecule has 1 fully saturated rings. The van der Waals surface area contributed by atoms with Crippen molar-refractivity contribution in [2.75, 3.05) is 32.2 Å². The zero-order valence-electron chi connectivity index (χ0n) is 11.1. The molecule has 0 aromatic heterocycles. The molecule has 1 aromatic carbocycles. The van der Waals surface area contributed by atoms with Gasteiger partial charge in [0.05, 0.1) is 12.8 Å². The number of anilines is 1. The highest BCUT2D eigenvalue weighted by Crippen LogP contribution is 2.22. The van der Waals surface area contributed by atoms with Crippen LogP contribution >= 0.6 is 0 Å². The Kier molecular flexibility index (Phi) is 5.03. The number of hydrogen-bond acceptors (Lipinski definition) is 3. The van der Waals surface area contributed by atoms with E-state index in [4.69, 9.17) is 9.47 Å². The lowest BCUT2D eigenvalue weighted by Crippen LogP contribution is -2.35. The number of rotatable bonds is 4. The molecule has 1 aliphatic rings. The van der Waals surface area contributed by atoms with Crippen molar-refractivity contribution < 1.29 is 14.3 Å². The van der Waals surface area contributed by atoms with Crippen LogP contribution in [0.2, 0.25) is 0 Å². The summed E-state index contributed by atoms with van der Waals surface area (Å²) in [4.78, 5) is 11.8. The molecule has 5 nitrogen and oxygen atoms in total. The van der Waals surface area contributed by atoms with Gasteiger partial charge in [-0.15, -0.1) is 0 Å². The highest BCUT2D eigenvalue weighted by atomic mass is 16.5. The normalized spacial score (nSPS) is 15.8. The van der Waals surface area contributed by atoms with E-state index in [9.17, 15) is 4.79 Å². The van der Waals surface area contributed by atoms with E-state index in [1.54, 1.807) is 7.11 Å². The Morgan fingerprint density at radius 3 is 2.84 bits per heavy atom. The molecule has 0 saturated carbocycles. The number of benzene rings is 1. The van der Waals surface area contributed by atoms with Crippen LogP contribution < -0.4 is 15.4 Å². The summed E-state index contributed by atoms with van der Waals surface area (Å²) in [6.45, 7) is 2.27. The van der Waals surface area contributed by atoms with Gasteiger partial charge < -0.3 is 20.1 Å². The van der Waals surface area contributed by atoms with Gasteiger partial charge in [-0.25, -0.2) is 4.79 Å². The van der Waals surface area contributed by atoms with Gasteiger partial charge in [0.25, 0.3) is 0 Å². The van der Waals surface area contributed by atoms with Crippen molar-refractivity contribution in [2.45, 2.75) is 12.8 Å². The maximum atomic E-state index is 11.8. The number of para-hydroxylation sites is 2. The number of urea groups is 1. The second-order valence-electron chi connectivity index (χ2n) is 4.59. The molecule has 1 aliphatic heterocycles. The fraction of sp³-hybridized carbons (Fsp3) is 0.500. The molecule has 0 spiro atoms. The maximum absolute atomic E-state index is 11.8. The molecule has 0 radical (unpaired) electrons. The molecule has 104 valence electrons. The number of nitrogens with one attached hydrogen (secondary N) is 2. The lowest BCUT2D eigenvalue weighted by atomic mass is 10.0. The average Bonchev–Trinajstić information content (AvgIpc) is 2.47. The SMILES string of the molecule is COc1ccccc1NC(=O)NCC1CCOCC1. The van der Waals surface area contributed by atoms with Crippen molar-refractivity contribution in [3.05, 3.63) is 24.3 Å². The Hall–Kier alpha value is -1.75. The number of ether oxygens (including phenoxy) is 2. The number of amides is 2. The summed E-state index contributed by atoms with van der Waals surface area (Å²) in [6.07, 6.45) is 2.02. The Morgan fingerprint density at radius 2 is 2.11 bits per heavy atom. The van der Waals surface area contributed by atoms with Crippen LogP contribution in [0.4, 0.5) is 10.5 Å². The second kappa shape index (κ2) is 6.99. The van der Waals surface area contributed by atoms with E-state index in [0.717, 1.165) is 26.1 Å². The van der Waals surface area contributed by atoms with Gasteiger partial charge in [-0.05, 0) is 30.9 Å². The summed E-state index contributed by atoms with van der Waals surface area (Å²) in [5.74, 6) is 1.17. The lowest BCUT2D eigenvalue weighted by Gasteiger charge is -2.22. The fourth-order valence-corrected chi connectivity index (χ4v) is 2.10. The molecular formula is C14H20N2O3. The third-order valence-corrected chi connectivity index (χ3v) is 3.25. The first-order chi connectivity index (χ1) is 9.29.